The van der Waals surface area contributed by atoms with Crippen molar-refractivity contribution in [1.82, 2.24) is 14.7 Å². The van der Waals surface area contributed by atoms with Crippen LogP contribution in [0.5, 0.6) is 0 Å². The van der Waals surface area contributed by atoms with E-state index in [0.29, 0.717) is 25.7 Å². The molecule has 34 heavy (non-hydrogen) atoms. The molecule has 1 heterocycles. The lowest BCUT2D eigenvalue weighted by Crippen LogP contribution is -2.53. The van der Waals surface area contributed by atoms with Crippen molar-refractivity contribution in [3.05, 3.63) is 71.8 Å². The largest absolute Gasteiger partial charge is 0.444 e. The summed E-state index contributed by atoms with van der Waals surface area (Å²) in [6, 6.07) is 21.7. The molecular formula is C28H41N3O3. The third-order valence-corrected chi connectivity index (χ3v) is 6.12. The smallest absolute Gasteiger partial charge is 0.410 e. The number of carbonyl (C=O) groups excluding carboxylic acids is 1. The quantitative estimate of drug-likeness (QED) is 0.509. The zero-order valence-electron chi connectivity index (χ0n) is 21.3. The van der Waals surface area contributed by atoms with Crippen molar-refractivity contribution in [2.45, 2.75) is 51.9 Å². The minimum Gasteiger partial charge on any atom is -0.444 e. The number of amides is 1. The number of hydrogen-bond donors (Lipinski definition) is 0. The maximum Gasteiger partial charge on any atom is 0.410 e. The monoisotopic (exact) mass is 467 g/mol. The van der Waals surface area contributed by atoms with E-state index in [1.807, 2.05) is 20.8 Å². The SMILES string of the molecule is COCCN(CCC1CN(Cc2ccccc2)CCN1Cc1ccccc1)C(=O)OC(C)(C)C. The second-order valence-electron chi connectivity index (χ2n) is 10.1. The molecule has 0 spiro atoms. The summed E-state index contributed by atoms with van der Waals surface area (Å²) in [5, 5.41) is 0. The minimum atomic E-state index is -0.515. The zero-order valence-corrected chi connectivity index (χ0v) is 21.3. The summed E-state index contributed by atoms with van der Waals surface area (Å²) in [6.07, 6.45) is 0.622. The van der Waals surface area contributed by atoms with Crippen LogP contribution in [0, 0.1) is 0 Å². The van der Waals surface area contributed by atoms with Crippen LogP contribution in [0.1, 0.15) is 38.3 Å². The molecule has 1 fully saturated rings. The van der Waals surface area contributed by atoms with Crippen molar-refractivity contribution in [1.29, 1.82) is 0 Å². The molecule has 1 amide bonds. The first-order valence-corrected chi connectivity index (χ1v) is 12.3. The van der Waals surface area contributed by atoms with E-state index in [2.05, 4.69) is 70.5 Å². The fourth-order valence-electron chi connectivity index (χ4n) is 4.37. The molecule has 0 aliphatic carbocycles. The van der Waals surface area contributed by atoms with Gasteiger partial charge >= 0.3 is 6.09 Å². The second-order valence-corrected chi connectivity index (χ2v) is 10.1. The molecule has 6 heteroatoms. The van der Waals surface area contributed by atoms with E-state index in [1.54, 1.807) is 12.0 Å². The lowest BCUT2D eigenvalue weighted by molar-refractivity contribution is 0.0137. The van der Waals surface area contributed by atoms with E-state index >= 15 is 0 Å². The lowest BCUT2D eigenvalue weighted by atomic mass is 10.1. The van der Waals surface area contributed by atoms with Crippen LogP contribution in [0.2, 0.25) is 0 Å². The lowest BCUT2D eigenvalue weighted by Gasteiger charge is -2.42. The molecule has 2 aromatic carbocycles. The summed E-state index contributed by atoms with van der Waals surface area (Å²) in [4.78, 5) is 19.7. The van der Waals surface area contributed by atoms with Crippen molar-refractivity contribution in [3.63, 3.8) is 0 Å². The number of ether oxygens (including phenoxy) is 2. The van der Waals surface area contributed by atoms with E-state index < -0.39 is 5.60 Å². The van der Waals surface area contributed by atoms with Gasteiger partial charge in [0, 0.05) is 59.0 Å². The topological polar surface area (TPSA) is 45.2 Å². The fourth-order valence-corrected chi connectivity index (χ4v) is 4.37. The number of piperazine rings is 1. The number of carbonyl (C=O) groups is 1. The number of methoxy groups -OCH3 is 1. The Bertz CT molecular complexity index is 854. The van der Waals surface area contributed by atoms with Crippen LogP contribution >= 0.6 is 0 Å². The van der Waals surface area contributed by atoms with Gasteiger partial charge in [-0.15, -0.1) is 0 Å². The molecule has 1 aliphatic heterocycles. The van der Waals surface area contributed by atoms with Gasteiger partial charge in [0.25, 0.3) is 0 Å². The molecule has 186 valence electrons. The van der Waals surface area contributed by atoms with Gasteiger partial charge in [0.1, 0.15) is 5.60 Å². The summed E-state index contributed by atoms with van der Waals surface area (Å²) in [5.74, 6) is 0. The molecule has 0 N–H and O–H groups in total. The van der Waals surface area contributed by atoms with Crippen LogP contribution in [-0.2, 0) is 22.6 Å². The summed E-state index contributed by atoms with van der Waals surface area (Å²) >= 11 is 0. The third kappa shape index (κ3) is 8.75. The Hall–Kier alpha value is -2.41. The van der Waals surface area contributed by atoms with Crippen LogP contribution in [-0.4, -0.2) is 78.9 Å². The average molecular weight is 468 g/mol. The molecule has 1 unspecified atom stereocenters. The van der Waals surface area contributed by atoms with Crippen LogP contribution < -0.4 is 0 Å². The van der Waals surface area contributed by atoms with Crippen molar-refractivity contribution in [3.8, 4) is 0 Å². The van der Waals surface area contributed by atoms with Gasteiger partial charge in [-0.05, 0) is 38.3 Å². The predicted molar refractivity (Wildman–Crippen MR) is 137 cm³/mol. The normalized spacial score (nSPS) is 17.5. The molecular weight excluding hydrogens is 426 g/mol. The van der Waals surface area contributed by atoms with E-state index in [0.717, 1.165) is 39.1 Å². The molecule has 2 aromatic rings. The summed E-state index contributed by atoms with van der Waals surface area (Å²) in [6.45, 7) is 12.3. The Morgan fingerprint density at radius 2 is 1.56 bits per heavy atom. The highest BCUT2D eigenvalue weighted by molar-refractivity contribution is 5.68. The van der Waals surface area contributed by atoms with Gasteiger partial charge in [-0.2, -0.15) is 0 Å². The van der Waals surface area contributed by atoms with E-state index in [4.69, 9.17) is 9.47 Å². The Kier molecular flexibility index (Phi) is 9.93. The maximum atomic E-state index is 12.8. The predicted octanol–water partition coefficient (Wildman–Crippen LogP) is 4.65. The highest BCUT2D eigenvalue weighted by atomic mass is 16.6. The first kappa shape index (κ1) is 26.2. The van der Waals surface area contributed by atoms with Gasteiger partial charge < -0.3 is 14.4 Å². The number of benzene rings is 2. The number of rotatable bonds is 10. The first-order valence-electron chi connectivity index (χ1n) is 12.3. The highest BCUT2D eigenvalue weighted by Crippen LogP contribution is 2.20. The van der Waals surface area contributed by atoms with E-state index in [-0.39, 0.29) is 6.09 Å². The molecule has 6 nitrogen and oxygen atoms in total. The van der Waals surface area contributed by atoms with Gasteiger partial charge in [-0.1, -0.05) is 60.7 Å². The minimum absolute atomic E-state index is 0.267. The highest BCUT2D eigenvalue weighted by Gasteiger charge is 2.29. The zero-order chi connectivity index (χ0) is 24.4. The van der Waals surface area contributed by atoms with E-state index in [1.165, 1.54) is 11.1 Å². The van der Waals surface area contributed by atoms with Crippen LogP contribution in [0.25, 0.3) is 0 Å². The van der Waals surface area contributed by atoms with Crippen LogP contribution in [0.3, 0.4) is 0 Å². The Balaban J connectivity index is 1.68. The standard InChI is InChI=1S/C28H41N3O3/c1-28(2,3)34-27(32)30(19-20-33-4)16-15-26-23-29(21-24-11-7-5-8-12-24)17-18-31(26)22-25-13-9-6-10-14-25/h5-14,26H,15-23H2,1-4H3. The van der Waals surface area contributed by atoms with Gasteiger partial charge in [0.15, 0.2) is 0 Å². The Morgan fingerprint density at radius 1 is 0.941 bits per heavy atom. The van der Waals surface area contributed by atoms with Crippen molar-refractivity contribution in [2.75, 3.05) is 46.4 Å². The Labute approximate surface area is 205 Å². The summed E-state index contributed by atoms with van der Waals surface area (Å²) < 4.78 is 10.9. The van der Waals surface area contributed by atoms with Gasteiger partial charge in [-0.3, -0.25) is 9.80 Å². The average Bonchev–Trinajstić information content (AvgIpc) is 2.81. The number of hydrogen-bond acceptors (Lipinski definition) is 5. The van der Waals surface area contributed by atoms with E-state index in [9.17, 15) is 4.79 Å². The maximum absolute atomic E-state index is 12.8. The molecule has 0 bridgehead atoms. The first-order chi connectivity index (χ1) is 16.3. The Morgan fingerprint density at radius 3 is 2.15 bits per heavy atom. The molecule has 1 saturated heterocycles. The van der Waals surface area contributed by atoms with Crippen LogP contribution in [0.15, 0.2) is 60.7 Å². The molecule has 1 atom stereocenters. The second kappa shape index (κ2) is 12.9. The van der Waals surface area contributed by atoms with Crippen LogP contribution in [0.4, 0.5) is 4.79 Å². The van der Waals surface area contributed by atoms with Crippen molar-refractivity contribution >= 4 is 6.09 Å². The fraction of sp³-hybridized carbons (Fsp3) is 0.536. The van der Waals surface area contributed by atoms with Crippen molar-refractivity contribution < 1.29 is 14.3 Å². The molecule has 0 radical (unpaired) electrons. The summed E-state index contributed by atoms with van der Waals surface area (Å²) in [5.41, 5.74) is 2.15. The van der Waals surface area contributed by atoms with Gasteiger partial charge in [0.05, 0.1) is 6.61 Å². The molecule has 0 saturated carbocycles. The van der Waals surface area contributed by atoms with Gasteiger partial charge in [0.2, 0.25) is 0 Å². The van der Waals surface area contributed by atoms with Gasteiger partial charge in [-0.25, -0.2) is 4.79 Å². The molecule has 0 aromatic heterocycles. The molecule has 3 rings (SSSR count). The van der Waals surface area contributed by atoms with Crippen molar-refractivity contribution in [2.24, 2.45) is 0 Å². The number of nitrogens with zero attached hydrogens (tertiary/aromatic N) is 3. The third-order valence-electron chi connectivity index (χ3n) is 6.12. The summed E-state index contributed by atoms with van der Waals surface area (Å²) in [7, 11) is 1.66. The molecule has 1 aliphatic rings.